The summed E-state index contributed by atoms with van der Waals surface area (Å²) >= 11 is 0. The first-order chi connectivity index (χ1) is 1.73. The zero-order valence-electron chi connectivity index (χ0n) is 2.58. The number of hydrogen-bond acceptors (Lipinski definition) is 0. The van der Waals surface area contributed by atoms with E-state index in [0.717, 1.165) is 0 Å². The van der Waals surface area contributed by atoms with Gasteiger partial charge in [0.25, 0.3) is 0 Å². The van der Waals surface area contributed by atoms with Crippen molar-refractivity contribution in [2.45, 2.75) is 6.55 Å². The highest BCUT2D eigenvalue weighted by Gasteiger charge is 1.49. The lowest BCUT2D eigenvalue weighted by molar-refractivity contribution is 2.35. The Hall–Kier alpha value is 0.864. The molecule has 0 aromatic rings. The standard InChI is InChI=1S/CH5PSi2/c1-4(2)3/h2H2,1H3/q-1. The lowest BCUT2D eigenvalue weighted by Crippen LogP contribution is -1.88. The molecular weight excluding hydrogens is 99.2 g/mol. The van der Waals surface area contributed by atoms with Crippen molar-refractivity contribution in [3.63, 3.8) is 0 Å². The first-order valence-electron chi connectivity index (χ1n) is 1.04. The van der Waals surface area contributed by atoms with Crippen LogP contribution in [0.4, 0.5) is 0 Å². The number of hydrogen-bond donors (Lipinski definition) is 0. The minimum atomic E-state index is -0.157. The van der Waals surface area contributed by atoms with Crippen molar-refractivity contribution < 1.29 is 0 Å². The summed E-state index contributed by atoms with van der Waals surface area (Å²) in [6.07, 6.45) is 0. The highest BCUT2D eigenvalue weighted by Crippen LogP contribution is 1.79. The van der Waals surface area contributed by atoms with Gasteiger partial charge in [-0.15, -0.1) is 0 Å². The van der Waals surface area contributed by atoms with Gasteiger partial charge in [0, 0.05) is 0 Å². The van der Waals surface area contributed by atoms with Gasteiger partial charge < -0.3 is 8.79 Å². The summed E-state index contributed by atoms with van der Waals surface area (Å²) in [6, 6.07) is 0. The van der Waals surface area contributed by atoms with Gasteiger partial charge in [0.15, 0.2) is 0 Å². The lowest BCUT2D eigenvalue weighted by atomic mass is 11.9. The van der Waals surface area contributed by atoms with Crippen LogP contribution in [0, 0.1) is 0 Å². The minimum Gasteiger partial charge on any atom is -0.312 e. The van der Waals surface area contributed by atoms with E-state index in [1.165, 1.54) is 0 Å². The van der Waals surface area contributed by atoms with Crippen LogP contribution in [0.15, 0.2) is 0 Å². The zero-order chi connectivity index (χ0) is 3.58. The minimum absolute atomic E-state index is 0.157. The van der Waals surface area contributed by atoms with E-state index in [1.807, 2.05) is 0 Å². The summed E-state index contributed by atoms with van der Waals surface area (Å²) in [4.78, 5) is 0. The molecule has 3 heteroatoms. The third-order valence-corrected chi connectivity index (χ3v) is 0. The molecule has 0 nitrogen and oxygen atoms in total. The Bertz CT molecular complexity index is 10.8. The molecule has 0 heterocycles. The zero-order valence-corrected chi connectivity index (χ0v) is 5.73. The summed E-state index contributed by atoms with van der Waals surface area (Å²) in [6.45, 7) is 2.15. The Labute approximate surface area is 33.9 Å². The molecule has 0 aliphatic rings. The summed E-state index contributed by atoms with van der Waals surface area (Å²) in [7, 11) is 5.89. The average Bonchev–Trinajstić information content (AvgIpc) is 0.811. The molecule has 0 fully saturated rings. The van der Waals surface area contributed by atoms with Gasteiger partial charge in [-0.2, -0.15) is 6.55 Å². The highest BCUT2D eigenvalue weighted by atomic mass is 31.3. The van der Waals surface area contributed by atoms with E-state index in [-0.39, 0.29) is 7.98 Å². The Balaban J connectivity index is 2.32. The van der Waals surface area contributed by atoms with Crippen molar-refractivity contribution >= 4 is 26.5 Å². The second kappa shape index (κ2) is 2.12. The molecule has 0 N–H and O–H groups in total. The quantitative estimate of drug-likeness (QED) is 0.303. The van der Waals surface area contributed by atoms with Crippen molar-refractivity contribution in [3.05, 3.63) is 0 Å². The molecule has 0 amide bonds. The second-order valence-corrected chi connectivity index (χ2v) is 8.75. The van der Waals surface area contributed by atoms with Gasteiger partial charge in [-0.3, -0.25) is 7.98 Å². The third-order valence-electron chi connectivity index (χ3n) is 0. The Morgan fingerprint density at radius 3 is 2.00 bits per heavy atom. The highest BCUT2D eigenvalue weighted by molar-refractivity contribution is 7.72. The average molecular weight is 104 g/mol. The molecule has 0 rings (SSSR count). The first-order valence-corrected chi connectivity index (χ1v) is 6.35. The van der Waals surface area contributed by atoms with E-state index >= 15 is 0 Å². The SMILES string of the molecule is C[Si-]([Si])P. The monoisotopic (exact) mass is 104 g/mol. The maximum atomic E-state index is 3.38. The molecule has 3 radical (unpaired) electrons. The van der Waals surface area contributed by atoms with Crippen molar-refractivity contribution in [2.24, 2.45) is 0 Å². The summed E-state index contributed by atoms with van der Waals surface area (Å²) in [5.41, 5.74) is 0. The predicted molar refractivity (Wildman–Crippen MR) is 27.1 cm³/mol. The molecule has 0 aliphatic carbocycles. The molecule has 0 aromatic carbocycles. The normalized spacial score (nSPS) is 9.00. The first kappa shape index (κ1) is 4.86. The van der Waals surface area contributed by atoms with Gasteiger partial charge in [0.05, 0.1) is 0 Å². The number of rotatable bonds is 0. The van der Waals surface area contributed by atoms with E-state index in [4.69, 9.17) is 0 Å². The van der Waals surface area contributed by atoms with Crippen LogP contribution in [0.5, 0.6) is 0 Å². The largest absolute Gasteiger partial charge is 0.312 e. The van der Waals surface area contributed by atoms with E-state index in [9.17, 15) is 0 Å². The molecule has 0 saturated heterocycles. The second-order valence-electron chi connectivity index (χ2n) is 0.683. The molecule has 23 valence electrons. The van der Waals surface area contributed by atoms with E-state index in [0.29, 0.717) is 0 Å². The van der Waals surface area contributed by atoms with Crippen LogP contribution in [0.2, 0.25) is 6.55 Å². The molecule has 1 atom stereocenters. The molecule has 0 saturated carbocycles. The van der Waals surface area contributed by atoms with Crippen LogP contribution in [0.25, 0.3) is 0 Å². The summed E-state index contributed by atoms with van der Waals surface area (Å²) in [5.74, 6) is 0. The Morgan fingerprint density at radius 1 is 2.00 bits per heavy atom. The topological polar surface area (TPSA) is 0 Å². The van der Waals surface area contributed by atoms with Crippen LogP contribution >= 0.6 is 8.79 Å². The van der Waals surface area contributed by atoms with E-state index < -0.39 is 0 Å². The van der Waals surface area contributed by atoms with Crippen molar-refractivity contribution in [2.75, 3.05) is 0 Å². The maximum absolute atomic E-state index is 3.38. The van der Waals surface area contributed by atoms with Crippen LogP contribution in [0.1, 0.15) is 0 Å². The Morgan fingerprint density at radius 2 is 2.00 bits per heavy atom. The molecule has 4 heavy (non-hydrogen) atoms. The molecule has 0 aliphatic heterocycles. The molecule has 0 spiro atoms. The van der Waals surface area contributed by atoms with E-state index in [1.54, 1.807) is 0 Å². The van der Waals surface area contributed by atoms with Gasteiger partial charge in [0.1, 0.15) is 0 Å². The molecule has 0 aromatic heterocycles. The lowest BCUT2D eigenvalue weighted by Gasteiger charge is -1.98. The van der Waals surface area contributed by atoms with Gasteiger partial charge in [-0.1, -0.05) is 0 Å². The van der Waals surface area contributed by atoms with Crippen LogP contribution in [-0.2, 0) is 0 Å². The predicted octanol–water partition coefficient (Wildman–Crippen LogP) is 0.148. The maximum Gasteiger partial charge on any atom is -0.191 e. The summed E-state index contributed by atoms with van der Waals surface area (Å²) in [5, 5.41) is 0. The van der Waals surface area contributed by atoms with Crippen LogP contribution in [-0.4, -0.2) is 17.7 Å². The van der Waals surface area contributed by atoms with Crippen molar-refractivity contribution in [1.82, 2.24) is 0 Å². The molecule has 1 unspecified atom stereocenters. The van der Waals surface area contributed by atoms with Gasteiger partial charge in [0.2, 0.25) is 0 Å². The fourth-order valence-electron chi connectivity index (χ4n) is 0. The van der Waals surface area contributed by atoms with Crippen molar-refractivity contribution in [3.8, 4) is 0 Å². The third kappa shape index (κ3) is 13.3. The smallest absolute Gasteiger partial charge is 0.191 e. The molecule has 0 bridgehead atoms. The van der Waals surface area contributed by atoms with Crippen LogP contribution < -0.4 is 0 Å². The van der Waals surface area contributed by atoms with Gasteiger partial charge in [-0.25, -0.2) is 9.76 Å². The Kier molecular flexibility index (Phi) is 2.58. The van der Waals surface area contributed by atoms with Crippen LogP contribution in [0.3, 0.4) is 0 Å². The summed E-state index contributed by atoms with van der Waals surface area (Å²) < 4.78 is 0. The van der Waals surface area contributed by atoms with E-state index in [2.05, 4.69) is 25.1 Å². The molecular formula is CH5PSi2-. The fraction of sp³-hybridized carbons (Fsp3) is 1.00. The van der Waals surface area contributed by atoms with Crippen molar-refractivity contribution in [1.29, 1.82) is 0 Å². The van der Waals surface area contributed by atoms with Gasteiger partial charge >= 0.3 is 0 Å². The van der Waals surface area contributed by atoms with Gasteiger partial charge in [-0.05, 0) is 0 Å². The fourth-order valence-corrected chi connectivity index (χ4v) is 0.